The van der Waals surface area contributed by atoms with Gasteiger partial charge in [0.2, 0.25) is 5.91 Å². The summed E-state index contributed by atoms with van der Waals surface area (Å²) >= 11 is 0. The van der Waals surface area contributed by atoms with Gasteiger partial charge >= 0.3 is 18.0 Å². The van der Waals surface area contributed by atoms with Crippen molar-refractivity contribution in [2.24, 2.45) is 23.7 Å². The number of rotatable bonds is 12. The van der Waals surface area contributed by atoms with Gasteiger partial charge in [0.05, 0.1) is 19.4 Å². The molecule has 4 bridgehead atoms. The minimum absolute atomic E-state index is 0.0720. The number of amides is 2. The molecule has 10 heteroatoms. The summed E-state index contributed by atoms with van der Waals surface area (Å²) in [5.41, 5.74) is 1.03. The summed E-state index contributed by atoms with van der Waals surface area (Å²) in [6, 6.07) is 16.7. The molecule has 0 spiro atoms. The van der Waals surface area contributed by atoms with Crippen LogP contribution in [0.15, 0.2) is 60.8 Å². The molecule has 2 aromatic carbocycles. The largest absolute Gasteiger partial charge is 0.481 e. The van der Waals surface area contributed by atoms with E-state index in [9.17, 15) is 19.2 Å². The lowest BCUT2D eigenvalue weighted by atomic mass is 9.55. The van der Waals surface area contributed by atoms with Gasteiger partial charge in [0.15, 0.2) is 0 Å². The van der Waals surface area contributed by atoms with Crippen LogP contribution in [0.5, 0.6) is 0 Å². The molecule has 4 N–H and O–H groups in total. The van der Waals surface area contributed by atoms with Gasteiger partial charge in [0.25, 0.3) is 0 Å². The van der Waals surface area contributed by atoms with E-state index < -0.39 is 35.6 Å². The average Bonchev–Trinajstić information content (AvgIpc) is 3.42. The average molecular weight is 616 g/mol. The number of hydrogen-bond donors (Lipinski definition) is 4. The van der Waals surface area contributed by atoms with Gasteiger partial charge in [-0.3, -0.25) is 14.4 Å². The van der Waals surface area contributed by atoms with Gasteiger partial charge in [-0.1, -0.05) is 48.5 Å². The SMILES string of the molecule is C[C@](Cc1c[nH]c2ccccc12)(NC(=O)OC1C2CC3CC(C2)CC1C3)C(=O)NC[C@H](OC(=O)CCC(=O)O)c1ccccc1. The quantitative estimate of drug-likeness (QED) is 0.203. The molecule has 2 amide bonds. The maximum Gasteiger partial charge on any atom is 0.408 e. The first-order valence-electron chi connectivity index (χ1n) is 15.9. The summed E-state index contributed by atoms with van der Waals surface area (Å²) in [5, 5.41) is 15.8. The van der Waals surface area contributed by atoms with Crippen LogP contribution in [0.4, 0.5) is 4.79 Å². The third-order valence-corrected chi connectivity index (χ3v) is 9.92. The number of fused-ring (bicyclic) bond motifs is 1. The first-order valence-corrected chi connectivity index (χ1v) is 15.9. The number of ether oxygens (including phenoxy) is 2. The maximum absolute atomic E-state index is 14.0. The zero-order valence-electron chi connectivity index (χ0n) is 25.5. The van der Waals surface area contributed by atoms with Crippen molar-refractivity contribution < 1.29 is 33.8 Å². The zero-order chi connectivity index (χ0) is 31.6. The number of aromatic amines is 1. The van der Waals surface area contributed by atoms with E-state index in [-0.39, 0.29) is 31.9 Å². The van der Waals surface area contributed by atoms with E-state index in [1.165, 1.54) is 6.42 Å². The van der Waals surface area contributed by atoms with Crippen LogP contribution in [0.3, 0.4) is 0 Å². The third-order valence-electron chi connectivity index (χ3n) is 9.92. The van der Waals surface area contributed by atoms with Crippen LogP contribution >= 0.6 is 0 Å². The lowest BCUT2D eigenvalue weighted by Gasteiger charge is -2.53. The summed E-state index contributed by atoms with van der Waals surface area (Å²) in [4.78, 5) is 54.3. The molecule has 10 nitrogen and oxygen atoms in total. The third kappa shape index (κ3) is 7.00. The molecule has 3 aromatic rings. The predicted molar refractivity (Wildman–Crippen MR) is 166 cm³/mol. The van der Waals surface area contributed by atoms with E-state index in [1.807, 2.05) is 36.5 Å². The summed E-state index contributed by atoms with van der Waals surface area (Å²) in [5.74, 6) is -0.00699. The first-order chi connectivity index (χ1) is 21.7. The second-order valence-corrected chi connectivity index (χ2v) is 13.3. The number of hydrogen-bond acceptors (Lipinski definition) is 6. The summed E-state index contributed by atoms with van der Waals surface area (Å²) < 4.78 is 11.7. The fourth-order valence-corrected chi connectivity index (χ4v) is 7.99. The second kappa shape index (κ2) is 12.9. The molecule has 4 saturated carbocycles. The van der Waals surface area contributed by atoms with Gasteiger partial charge in [-0.05, 0) is 79.9 Å². The zero-order valence-corrected chi connectivity index (χ0v) is 25.5. The Balaban J connectivity index is 1.19. The van der Waals surface area contributed by atoms with E-state index in [1.54, 1.807) is 31.2 Å². The van der Waals surface area contributed by atoms with Crippen LogP contribution in [-0.4, -0.2) is 52.2 Å². The van der Waals surface area contributed by atoms with Gasteiger partial charge in [-0.25, -0.2) is 4.79 Å². The van der Waals surface area contributed by atoms with Gasteiger partial charge in [-0.15, -0.1) is 0 Å². The van der Waals surface area contributed by atoms with Crippen molar-refractivity contribution in [2.45, 2.75) is 76.0 Å². The van der Waals surface area contributed by atoms with Crippen LogP contribution < -0.4 is 10.6 Å². The Bertz CT molecular complexity index is 1520. The van der Waals surface area contributed by atoms with Crippen molar-refractivity contribution >= 4 is 34.8 Å². The van der Waals surface area contributed by atoms with Crippen molar-refractivity contribution in [3.05, 3.63) is 71.9 Å². The molecular formula is C35H41N3O7. The summed E-state index contributed by atoms with van der Waals surface area (Å²) in [7, 11) is 0. The van der Waals surface area contributed by atoms with E-state index >= 15 is 0 Å². The molecule has 0 unspecified atom stereocenters. The number of carbonyl (C=O) groups is 4. The number of H-pyrrole nitrogens is 1. The summed E-state index contributed by atoms with van der Waals surface area (Å²) in [6.45, 7) is 1.61. The highest BCUT2D eigenvalue weighted by Crippen LogP contribution is 2.54. The normalized spacial score (nSPS) is 25.2. The van der Waals surface area contributed by atoms with Crippen LogP contribution in [0, 0.1) is 23.7 Å². The highest BCUT2D eigenvalue weighted by Gasteiger charge is 2.50. The van der Waals surface area contributed by atoms with Gasteiger partial charge in [-0.2, -0.15) is 0 Å². The lowest BCUT2D eigenvalue weighted by molar-refractivity contribution is -0.152. The molecule has 2 atom stereocenters. The van der Waals surface area contributed by atoms with Crippen molar-refractivity contribution in [3.8, 4) is 0 Å². The number of para-hydroxylation sites is 1. The Labute approximate surface area is 262 Å². The molecule has 238 valence electrons. The number of aliphatic carboxylic acids is 1. The van der Waals surface area contributed by atoms with Gasteiger partial charge in [0, 0.05) is 23.5 Å². The van der Waals surface area contributed by atoms with Crippen LogP contribution in [0.1, 0.15) is 69.1 Å². The molecule has 1 aromatic heterocycles. The molecule has 45 heavy (non-hydrogen) atoms. The molecular weight excluding hydrogens is 574 g/mol. The number of aromatic nitrogens is 1. The van der Waals surface area contributed by atoms with Gasteiger partial charge < -0.3 is 30.2 Å². The number of alkyl carbamates (subject to hydrolysis) is 1. The Morgan fingerprint density at radius 3 is 2.29 bits per heavy atom. The number of nitrogens with one attached hydrogen (secondary N) is 3. The standard InChI is InChI=1S/C35H41N3O7/c1-35(18-26-19-36-28-10-6-5-9-27(26)28,38-34(43)45-32-24-14-21-13-22(16-24)17-25(32)15-21)33(42)37-20-29(23-7-3-2-4-8-23)44-31(41)12-11-30(39)40/h2-10,19,21-22,24-25,29,32,36H,11-18,20H2,1H3,(H,37,42)(H,38,43)(H,39,40)/t21?,22?,24?,25?,29-,32?,35+/m0/s1. The van der Waals surface area contributed by atoms with Crippen molar-refractivity contribution in [1.29, 1.82) is 0 Å². The summed E-state index contributed by atoms with van der Waals surface area (Å²) in [6.07, 6.45) is 5.50. The minimum atomic E-state index is -1.40. The Morgan fingerprint density at radius 1 is 0.933 bits per heavy atom. The molecule has 1 heterocycles. The van der Waals surface area contributed by atoms with Crippen molar-refractivity contribution in [3.63, 3.8) is 0 Å². The fraction of sp³-hybridized carbons (Fsp3) is 0.486. The van der Waals surface area contributed by atoms with E-state index in [0.29, 0.717) is 17.4 Å². The molecule has 7 rings (SSSR count). The Kier molecular flexibility index (Phi) is 8.83. The van der Waals surface area contributed by atoms with Gasteiger partial charge in [0.1, 0.15) is 17.7 Å². The second-order valence-electron chi connectivity index (χ2n) is 13.3. The molecule has 4 aliphatic carbocycles. The Hall–Kier alpha value is -4.34. The number of benzene rings is 2. The van der Waals surface area contributed by atoms with Crippen LogP contribution in [0.25, 0.3) is 10.9 Å². The molecule has 0 radical (unpaired) electrons. The number of carbonyl (C=O) groups excluding carboxylic acids is 3. The minimum Gasteiger partial charge on any atom is -0.481 e. The van der Waals surface area contributed by atoms with E-state index in [2.05, 4.69) is 15.6 Å². The smallest absolute Gasteiger partial charge is 0.408 e. The highest BCUT2D eigenvalue weighted by molar-refractivity contribution is 5.91. The van der Waals surface area contributed by atoms with Crippen LogP contribution in [-0.2, 0) is 30.3 Å². The molecule has 0 aliphatic heterocycles. The Morgan fingerprint density at radius 2 is 1.60 bits per heavy atom. The van der Waals surface area contributed by atoms with Crippen molar-refractivity contribution in [2.75, 3.05) is 6.54 Å². The maximum atomic E-state index is 14.0. The van der Waals surface area contributed by atoms with Crippen LogP contribution in [0.2, 0.25) is 0 Å². The lowest BCUT2D eigenvalue weighted by Crippen LogP contribution is -2.60. The topological polar surface area (TPSA) is 147 Å². The van der Waals surface area contributed by atoms with E-state index in [0.717, 1.165) is 54.0 Å². The first kappa shape index (κ1) is 30.7. The number of carboxylic acids is 1. The molecule has 0 saturated heterocycles. The number of carboxylic acid groups (broad SMARTS) is 1. The molecule has 4 fully saturated rings. The fourth-order valence-electron chi connectivity index (χ4n) is 7.99. The molecule has 4 aliphatic rings. The van der Waals surface area contributed by atoms with E-state index in [4.69, 9.17) is 14.6 Å². The van der Waals surface area contributed by atoms with Crippen molar-refractivity contribution in [1.82, 2.24) is 15.6 Å². The monoisotopic (exact) mass is 615 g/mol. The number of esters is 1. The highest BCUT2D eigenvalue weighted by atomic mass is 16.6. The predicted octanol–water partition coefficient (Wildman–Crippen LogP) is 5.29.